The number of ketones is 3. The number of alkyl halides is 1. The van der Waals surface area contributed by atoms with Crippen molar-refractivity contribution in [2.24, 2.45) is 17.8 Å². The van der Waals surface area contributed by atoms with Crippen LogP contribution in [0.2, 0.25) is 0 Å². The zero-order valence-corrected chi connectivity index (χ0v) is 28.6. The van der Waals surface area contributed by atoms with Gasteiger partial charge in [0.05, 0.1) is 39.8 Å². The number of nitrogens with one attached hydrogen (secondary N) is 2. The van der Waals surface area contributed by atoms with Gasteiger partial charge in [0.25, 0.3) is 0 Å². The molecule has 4 atom stereocenters. The molecule has 0 bridgehead atoms. The van der Waals surface area contributed by atoms with Gasteiger partial charge in [0.1, 0.15) is 13.3 Å². The van der Waals surface area contributed by atoms with Crippen LogP contribution in [-0.4, -0.2) is 87.3 Å². The first-order valence-corrected chi connectivity index (χ1v) is 15.9. The Kier molecular flexibility index (Phi) is 19.7. The van der Waals surface area contributed by atoms with Crippen LogP contribution in [-0.2, 0) is 59.1 Å². The quantitative estimate of drug-likeness (QED) is 0.126. The minimum atomic E-state index is -1.45. The number of ether oxygens (including phenoxy) is 4. The highest BCUT2D eigenvalue weighted by molar-refractivity contribution is 5.96. The van der Waals surface area contributed by atoms with Gasteiger partial charge in [-0.25, -0.2) is 9.18 Å². The number of benzene rings is 1. The highest BCUT2D eigenvalue weighted by Crippen LogP contribution is 2.20. The molecule has 0 radical (unpaired) electrons. The molecule has 15 heteroatoms. The molecule has 0 aliphatic heterocycles. The van der Waals surface area contributed by atoms with Gasteiger partial charge in [0.2, 0.25) is 5.91 Å². The fourth-order valence-corrected chi connectivity index (χ4v) is 4.80. The van der Waals surface area contributed by atoms with Gasteiger partial charge in [-0.2, -0.15) is 0 Å². The lowest BCUT2D eigenvalue weighted by molar-refractivity contribution is -0.145. The maximum atomic E-state index is 13.6. The summed E-state index contributed by atoms with van der Waals surface area (Å²) in [5.41, 5.74) is 0.728. The van der Waals surface area contributed by atoms with Gasteiger partial charge in [-0.1, -0.05) is 44.2 Å². The van der Waals surface area contributed by atoms with Crippen molar-refractivity contribution in [2.45, 2.75) is 83.9 Å². The van der Waals surface area contributed by atoms with Crippen LogP contribution in [0.25, 0.3) is 0 Å². The van der Waals surface area contributed by atoms with Crippen LogP contribution in [0.1, 0.15) is 70.8 Å². The molecule has 2 N–H and O–H groups in total. The number of hydrogen-bond donors (Lipinski definition) is 2. The molecule has 1 rings (SSSR count). The molecule has 0 spiro atoms. The van der Waals surface area contributed by atoms with Gasteiger partial charge < -0.3 is 29.6 Å². The lowest BCUT2D eigenvalue weighted by Gasteiger charge is -2.25. The summed E-state index contributed by atoms with van der Waals surface area (Å²) in [7, 11) is 3.33. The van der Waals surface area contributed by atoms with Crippen LogP contribution < -0.4 is 10.6 Å². The van der Waals surface area contributed by atoms with Gasteiger partial charge in [0.15, 0.2) is 17.3 Å². The summed E-state index contributed by atoms with van der Waals surface area (Å²) < 4.78 is 32.4. The van der Waals surface area contributed by atoms with E-state index in [4.69, 9.17) is 4.74 Å². The van der Waals surface area contributed by atoms with Crippen molar-refractivity contribution in [3.8, 4) is 0 Å². The van der Waals surface area contributed by atoms with Crippen LogP contribution in [0, 0.1) is 17.8 Å². The second kappa shape index (κ2) is 22.8. The highest BCUT2D eigenvalue weighted by atomic mass is 19.1. The molecule has 1 aromatic rings. The third kappa shape index (κ3) is 16.8. The topological polar surface area (TPSA) is 198 Å². The molecule has 14 nitrogen and oxygen atoms in total. The molecule has 0 unspecified atom stereocenters. The van der Waals surface area contributed by atoms with E-state index < -0.39 is 97.1 Å². The summed E-state index contributed by atoms with van der Waals surface area (Å²) in [6.45, 7) is 2.17. The number of carbonyl (C=O) groups excluding carboxylic acids is 8. The predicted octanol–water partition coefficient (Wildman–Crippen LogP) is 2.97. The number of methoxy groups -OCH3 is 3. The Labute approximate surface area is 285 Å². The lowest BCUT2D eigenvalue weighted by atomic mass is 9.88. The van der Waals surface area contributed by atoms with Crippen molar-refractivity contribution in [3.05, 3.63) is 35.9 Å². The zero-order chi connectivity index (χ0) is 36.9. The summed E-state index contributed by atoms with van der Waals surface area (Å²) in [5, 5.41) is 5.05. The number of hydrogen-bond acceptors (Lipinski definition) is 12. The molecular formula is C34H47FN2O12. The number of alkyl carbamates (subject to hydrolysis) is 1. The first-order chi connectivity index (χ1) is 23.2. The van der Waals surface area contributed by atoms with E-state index in [0.717, 1.165) is 26.9 Å². The van der Waals surface area contributed by atoms with E-state index in [1.807, 2.05) is 13.8 Å². The molecule has 2 amide bonds. The van der Waals surface area contributed by atoms with E-state index in [1.54, 1.807) is 30.3 Å². The van der Waals surface area contributed by atoms with E-state index in [1.165, 1.54) is 0 Å². The number of esters is 3. The maximum absolute atomic E-state index is 13.6. The van der Waals surface area contributed by atoms with Crippen molar-refractivity contribution >= 4 is 47.3 Å². The Morgan fingerprint density at radius 2 is 1.22 bits per heavy atom. The minimum absolute atomic E-state index is 0.0438. The van der Waals surface area contributed by atoms with Crippen molar-refractivity contribution in [2.75, 3.05) is 28.0 Å². The van der Waals surface area contributed by atoms with Crippen LogP contribution in [0.3, 0.4) is 0 Å². The van der Waals surface area contributed by atoms with Gasteiger partial charge in [0, 0.05) is 37.5 Å². The molecule has 0 fully saturated rings. The fraction of sp³-hybridized carbons (Fsp3) is 0.588. The van der Waals surface area contributed by atoms with Crippen LogP contribution in [0.5, 0.6) is 0 Å². The smallest absolute Gasteiger partial charge is 0.408 e. The van der Waals surface area contributed by atoms with Gasteiger partial charge in [-0.3, -0.25) is 33.6 Å². The predicted molar refractivity (Wildman–Crippen MR) is 171 cm³/mol. The van der Waals surface area contributed by atoms with Gasteiger partial charge in [-0.15, -0.1) is 0 Å². The standard InChI is InChI=1S/C34H47FN2O12/c1-21(2)15-26(37-34(45)49-20-22-9-7-6-8-10-22)28(39)16-23(11-13-30(41)46-3)33(44)36-25(12-14-31(42)47-4)27(38)17-24(29(40)19-35)18-32(43)48-5/h6-10,21,23-26H,11-20H2,1-5H3,(H,36,44)(H,37,45)/t23-,24+,25+,26+/m1/s1. The van der Waals surface area contributed by atoms with Crippen LogP contribution >= 0.6 is 0 Å². The summed E-state index contributed by atoms with van der Waals surface area (Å²) in [4.78, 5) is 101. The Hall–Kier alpha value is -4.69. The number of carbonyl (C=O) groups is 8. The van der Waals surface area contributed by atoms with E-state index in [9.17, 15) is 42.7 Å². The summed E-state index contributed by atoms with van der Waals surface area (Å²) in [6.07, 6.45) is -3.40. The third-order valence-corrected chi connectivity index (χ3v) is 7.59. The summed E-state index contributed by atoms with van der Waals surface area (Å²) in [6, 6.07) is 6.41. The molecule has 0 aliphatic rings. The second-order valence-corrected chi connectivity index (χ2v) is 11.8. The molecule has 1 aromatic carbocycles. The monoisotopic (exact) mass is 694 g/mol. The molecule has 0 saturated heterocycles. The zero-order valence-electron chi connectivity index (χ0n) is 28.6. The Balaban J connectivity index is 3.23. The van der Waals surface area contributed by atoms with Crippen molar-refractivity contribution < 1.29 is 61.7 Å². The molecule has 0 heterocycles. The number of amides is 2. The Bertz CT molecular complexity index is 1290. The van der Waals surface area contributed by atoms with E-state index >= 15 is 0 Å². The SMILES string of the molecule is COC(=O)CC[C@H](CC(=O)[C@H](CC(C)C)NC(=O)OCc1ccccc1)C(=O)N[C@@H](CCC(=O)OC)C(=O)C[C@@H](CC(=O)OC)C(=O)CF. The number of halogens is 1. The third-order valence-electron chi connectivity index (χ3n) is 7.59. The number of rotatable bonds is 23. The van der Waals surface area contributed by atoms with E-state index in [-0.39, 0.29) is 44.6 Å². The first kappa shape index (κ1) is 42.3. The number of Topliss-reactive ketones (excluding diaryl/α,β-unsaturated/α-hetero) is 3. The highest BCUT2D eigenvalue weighted by Gasteiger charge is 2.33. The molecule has 49 heavy (non-hydrogen) atoms. The Morgan fingerprint density at radius 1 is 0.673 bits per heavy atom. The van der Waals surface area contributed by atoms with Gasteiger partial charge in [-0.05, 0) is 30.7 Å². The van der Waals surface area contributed by atoms with Gasteiger partial charge >= 0.3 is 24.0 Å². The second-order valence-electron chi connectivity index (χ2n) is 11.8. The summed E-state index contributed by atoms with van der Waals surface area (Å²) >= 11 is 0. The minimum Gasteiger partial charge on any atom is -0.469 e. The largest absolute Gasteiger partial charge is 0.469 e. The molecule has 0 aliphatic carbocycles. The first-order valence-electron chi connectivity index (χ1n) is 15.9. The summed E-state index contributed by atoms with van der Waals surface area (Å²) in [5.74, 6) is -8.07. The van der Waals surface area contributed by atoms with Crippen LogP contribution in [0.15, 0.2) is 30.3 Å². The van der Waals surface area contributed by atoms with E-state index in [0.29, 0.717) is 0 Å². The van der Waals surface area contributed by atoms with Crippen LogP contribution in [0.4, 0.5) is 9.18 Å². The fourth-order valence-electron chi connectivity index (χ4n) is 4.80. The lowest BCUT2D eigenvalue weighted by Crippen LogP contribution is -2.47. The molecular weight excluding hydrogens is 647 g/mol. The average molecular weight is 695 g/mol. The Morgan fingerprint density at radius 3 is 1.78 bits per heavy atom. The molecule has 0 saturated carbocycles. The van der Waals surface area contributed by atoms with E-state index in [2.05, 4.69) is 24.8 Å². The van der Waals surface area contributed by atoms with Crippen molar-refractivity contribution in [1.82, 2.24) is 10.6 Å². The molecule has 272 valence electrons. The van der Waals surface area contributed by atoms with Crippen molar-refractivity contribution in [1.29, 1.82) is 0 Å². The average Bonchev–Trinajstić information content (AvgIpc) is 3.09. The molecule has 0 aromatic heterocycles. The van der Waals surface area contributed by atoms with Crippen molar-refractivity contribution in [3.63, 3.8) is 0 Å². The maximum Gasteiger partial charge on any atom is 0.408 e. The normalized spacial score (nSPS) is 13.2.